The third kappa shape index (κ3) is 3.17. The van der Waals surface area contributed by atoms with Crippen molar-refractivity contribution in [1.82, 2.24) is 5.32 Å². The minimum Gasteiger partial charge on any atom is -0.352 e. The predicted molar refractivity (Wildman–Crippen MR) is 90.5 cm³/mol. The third-order valence-electron chi connectivity index (χ3n) is 4.78. The van der Waals surface area contributed by atoms with Gasteiger partial charge in [-0.1, -0.05) is 25.0 Å². The second-order valence-electron chi connectivity index (χ2n) is 6.56. The molecule has 0 aromatic heterocycles. The zero-order chi connectivity index (χ0) is 17.3. The summed E-state index contributed by atoms with van der Waals surface area (Å²) in [6.45, 7) is 1.39. The largest absolute Gasteiger partial charge is 0.352 e. The van der Waals surface area contributed by atoms with Crippen molar-refractivity contribution in [1.29, 1.82) is 0 Å². The Hall–Kier alpha value is -1.89. The summed E-state index contributed by atoms with van der Waals surface area (Å²) in [5.74, 6) is -0.574. The standard InChI is InChI=1S/C17H22N2O4S/c1-12-10-17(21)19(11-16(20)18-13-6-2-3-7-13)14-8-4-5-9-15(14)24(12,22)23/h4-5,8-9,12-13H,2-3,6-7,10-11H2,1H3,(H,18,20). The summed E-state index contributed by atoms with van der Waals surface area (Å²) in [6.07, 6.45) is 4.01. The number of hydrogen-bond acceptors (Lipinski definition) is 4. The lowest BCUT2D eigenvalue weighted by atomic mass is 10.2. The Labute approximate surface area is 142 Å². The maximum Gasteiger partial charge on any atom is 0.240 e. The smallest absolute Gasteiger partial charge is 0.240 e. The van der Waals surface area contributed by atoms with E-state index in [1.165, 1.54) is 17.9 Å². The van der Waals surface area contributed by atoms with E-state index in [9.17, 15) is 18.0 Å². The molecule has 24 heavy (non-hydrogen) atoms. The van der Waals surface area contributed by atoms with Crippen LogP contribution in [0.4, 0.5) is 5.69 Å². The molecule has 2 aliphatic rings. The maximum absolute atomic E-state index is 12.6. The van der Waals surface area contributed by atoms with Crippen molar-refractivity contribution in [2.24, 2.45) is 0 Å². The fourth-order valence-electron chi connectivity index (χ4n) is 3.40. The lowest BCUT2D eigenvalue weighted by Gasteiger charge is -2.23. The van der Waals surface area contributed by atoms with Crippen LogP contribution >= 0.6 is 0 Å². The van der Waals surface area contributed by atoms with E-state index in [0.717, 1.165) is 25.7 Å². The number of hydrogen-bond donors (Lipinski definition) is 1. The number of nitrogens with zero attached hydrogens (tertiary/aromatic N) is 1. The molecule has 3 rings (SSSR count). The Morgan fingerprint density at radius 2 is 1.92 bits per heavy atom. The highest BCUT2D eigenvalue weighted by molar-refractivity contribution is 7.92. The first kappa shape index (κ1) is 17.0. The molecule has 1 heterocycles. The van der Waals surface area contributed by atoms with Crippen molar-refractivity contribution < 1.29 is 18.0 Å². The first-order valence-electron chi connectivity index (χ1n) is 8.32. The van der Waals surface area contributed by atoms with Crippen molar-refractivity contribution in [3.63, 3.8) is 0 Å². The van der Waals surface area contributed by atoms with E-state index >= 15 is 0 Å². The molecule has 1 aromatic carbocycles. The molecule has 1 fully saturated rings. The summed E-state index contributed by atoms with van der Waals surface area (Å²) in [5.41, 5.74) is 0.299. The molecule has 6 nitrogen and oxygen atoms in total. The van der Waals surface area contributed by atoms with Crippen LogP contribution in [0.3, 0.4) is 0 Å². The van der Waals surface area contributed by atoms with Gasteiger partial charge in [-0.15, -0.1) is 0 Å². The summed E-state index contributed by atoms with van der Waals surface area (Å²) in [6, 6.07) is 6.57. The van der Waals surface area contributed by atoms with Crippen molar-refractivity contribution >= 4 is 27.3 Å². The summed E-state index contributed by atoms with van der Waals surface area (Å²) in [5, 5.41) is 2.15. The van der Waals surface area contributed by atoms with Crippen molar-refractivity contribution in [2.45, 2.75) is 55.2 Å². The summed E-state index contributed by atoms with van der Waals surface area (Å²) < 4.78 is 25.2. The van der Waals surface area contributed by atoms with E-state index in [-0.39, 0.29) is 35.7 Å². The highest BCUT2D eigenvalue weighted by Crippen LogP contribution is 2.33. The lowest BCUT2D eigenvalue weighted by Crippen LogP contribution is -2.43. The van der Waals surface area contributed by atoms with Gasteiger partial charge in [0.2, 0.25) is 11.8 Å². The summed E-state index contributed by atoms with van der Waals surface area (Å²) in [4.78, 5) is 26.3. The Morgan fingerprint density at radius 3 is 2.62 bits per heavy atom. The molecule has 0 saturated heterocycles. The zero-order valence-corrected chi connectivity index (χ0v) is 14.5. The molecule has 1 aliphatic carbocycles. The number of benzene rings is 1. The number of para-hydroxylation sites is 1. The van der Waals surface area contributed by atoms with Crippen LogP contribution in [-0.4, -0.2) is 38.1 Å². The molecule has 0 spiro atoms. The van der Waals surface area contributed by atoms with Gasteiger partial charge in [-0.3, -0.25) is 9.59 Å². The minimum absolute atomic E-state index is 0.117. The van der Waals surface area contributed by atoms with Crippen LogP contribution in [0.1, 0.15) is 39.0 Å². The molecule has 1 aromatic rings. The predicted octanol–water partition coefficient (Wildman–Crippen LogP) is 1.64. The summed E-state index contributed by atoms with van der Waals surface area (Å²) in [7, 11) is -3.58. The van der Waals surface area contributed by atoms with Gasteiger partial charge in [0.1, 0.15) is 6.54 Å². The number of sulfone groups is 1. The molecular weight excluding hydrogens is 328 g/mol. The average Bonchev–Trinajstić information content (AvgIpc) is 3.03. The Kier molecular flexibility index (Phi) is 4.62. The first-order valence-corrected chi connectivity index (χ1v) is 9.87. The van der Waals surface area contributed by atoms with Crippen molar-refractivity contribution in [2.75, 3.05) is 11.4 Å². The second-order valence-corrected chi connectivity index (χ2v) is 8.89. The Bertz CT molecular complexity index is 754. The molecule has 1 saturated carbocycles. The maximum atomic E-state index is 12.6. The molecule has 130 valence electrons. The molecule has 2 amide bonds. The molecule has 0 radical (unpaired) electrons. The quantitative estimate of drug-likeness (QED) is 0.898. The monoisotopic (exact) mass is 350 g/mol. The number of carbonyl (C=O) groups is 2. The van der Waals surface area contributed by atoms with E-state index in [1.807, 2.05) is 0 Å². The third-order valence-corrected chi connectivity index (χ3v) is 6.96. The van der Waals surface area contributed by atoms with E-state index in [0.29, 0.717) is 5.69 Å². The van der Waals surface area contributed by atoms with Crippen LogP contribution in [0.15, 0.2) is 29.2 Å². The molecular formula is C17H22N2O4S. The normalized spacial score (nSPS) is 23.6. The second kappa shape index (κ2) is 6.55. The fraction of sp³-hybridized carbons (Fsp3) is 0.529. The van der Waals surface area contributed by atoms with Gasteiger partial charge < -0.3 is 10.2 Å². The van der Waals surface area contributed by atoms with Gasteiger partial charge in [-0.05, 0) is 31.9 Å². The number of amides is 2. The Balaban J connectivity index is 1.88. The molecule has 7 heteroatoms. The molecule has 1 aliphatic heterocycles. The van der Waals surface area contributed by atoms with Crippen LogP contribution in [0.25, 0.3) is 0 Å². The zero-order valence-electron chi connectivity index (χ0n) is 13.7. The van der Waals surface area contributed by atoms with Crippen LogP contribution in [-0.2, 0) is 19.4 Å². The Morgan fingerprint density at radius 1 is 1.25 bits per heavy atom. The van der Waals surface area contributed by atoms with Crippen LogP contribution < -0.4 is 10.2 Å². The first-order chi connectivity index (χ1) is 11.4. The van der Waals surface area contributed by atoms with Gasteiger partial charge in [0.15, 0.2) is 9.84 Å². The topological polar surface area (TPSA) is 83.6 Å². The van der Waals surface area contributed by atoms with Gasteiger partial charge in [0.05, 0.1) is 15.8 Å². The number of nitrogens with one attached hydrogen (secondary N) is 1. The van der Waals surface area contributed by atoms with Crippen LogP contribution in [0.2, 0.25) is 0 Å². The van der Waals surface area contributed by atoms with Gasteiger partial charge in [-0.2, -0.15) is 0 Å². The van der Waals surface area contributed by atoms with Gasteiger partial charge in [0.25, 0.3) is 0 Å². The van der Waals surface area contributed by atoms with Crippen LogP contribution in [0, 0.1) is 0 Å². The van der Waals surface area contributed by atoms with Gasteiger partial charge in [0, 0.05) is 12.5 Å². The van der Waals surface area contributed by atoms with Crippen molar-refractivity contribution in [3.8, 4) is 0 Å². The molecule has 1 N–H and O–H groups in total. The number of rotatable bonds is 3. The number of anilines is 1. The van der Waals surface area contributed by atoms with E-state index in [2.05, 4.69) is 5.32 Å². The van der Waals surface area contributed by atoms with E-state index in [1.54, 1.807) is 18.2 Å². The van der Waals surface area contributed by atoms with Gasteiger partial charge in [-0.25, -0.2) is 8.42 Å². The number of fused-ring (bicyclic) bond motifs is 1. The SMILES string of the molecule is CC1CC(=O)N(CC(=O)NC2CCCC2)c2ccccc2S1(=O)=O. The summed E-state index contributed by atoms with van der Waals surface area (Å²) >= 11 is 0. The minimum atomic E-state index is -3.58. The van der Waals surface area contributed by atoms with E-state index < -0.39 is 15.1 Å². The molecule has 1 unspecified atom stereocenters. The molecule has 1 atom stereocenters. The lowest BCUT2D eigenvalue weighted by molar-refractivity contribution is -0.124. The fourth-order valence-corrected chi connectivity index (χ4v) is 4.93. The highest BCUT2D eigenvalue weighted by Gasteiger charge is 2.36. The van der Waals surface area contributed by atoms with Gasteiger partial charge >= 0.3 is 0 Å². The average molecular weight is 350 g/mol. The molecule has 0 bridgehead atoms. The van der Waals surface area contributed by atoms with Crippen LogP contribution in [0.5, 0.6) is 0 Å². The van der Waals surface area contributed by atoms with Crippen molar-refractivity contribution in [3.05, 3.63) is 24.3 Å². The highest BCUT2D eigenvalue weighted by atomic mass is 32.2. The number of carbonyl (C=O) groups excluding carboxylic acids is 2. The van der Waals surface area contributed by atoms with E-state index in [4.69, 9.17) is 0 Å².